The summed E-state index contributed by atoms with van der Waals surface area (Å²) in [5.41, 5.74) is 7.24. The van der Waals surface area contributed by atoms with Crippen LogP contribution in [-0.2, 0) is 10.3 Å². The summed E-state index contributed by atoms with van der Waals surface area (Å²) >= 11 is 0. The largest absolute Gasteiger partial charge is 0.480 e. The topological polar surface area (TPSA) is 86.1 Å². The fraction of sp³-hybridized carbons (Fsp3) is 0.222. The Bertz CT molecular complexity index is 380. The summed E-state index contributed by atoms with van der Waals surface area (Å²) in [6.45, 7) is 1.37. The predicted octanol–water partition coefficient (Wildman–Crippen LogP) is 2.30. The monoisotopic (exact) mass is 191 g/mol. The first-order chi connectivity index (χ1) is 6.61. The molecule has 0 saturated heterocycles. The number of benzene rings is 1. The van der Waals surface area contributed by atoms with E-state index < -0.39 is 11.5 Å². The van der Waals surface area contributed by atoms with Crippen molar-refractivity contribution in [1.29, 1.82) is 0 Å². The van der Waals surface area contributed by atoms with Gasteiger partial charge in [0.1, 0.15) is 0 Å². The molecule has 1 aromatic rings. The van der Waals surface area contributed by atoms with Crippen LogP contribution in [0.3, 0.4) is 0 Å². The van der Waals surface area contributed by atoms with Crippen molar-refractivity contribution in [3.05, 3.63) is 46.3 Å². The van der Waals surface area contributed by atoms with E-state index in [9.17, 15) is 4.79 Å². The van der Waals surface area contributed by atoms with Gasteiger partial charge in [-0.3, -0.25) is 4.79 Å². The van der Waals surface area contributed by atoms with Gasteiger partial charge < -0.3 is 5.11 Å². The van der Waals surface area contributed by atoms with Gasteiger partial charge in [0.05, 0.1) is 0 Å². The Balaban J connectivity index is 3.26. The average molecular weight is 191 g/mol. The van der Waals surface area contributed by atoms with E-state index in [4.69, 9.17) is 10.6 Å². The fourth-order valence-electron chi connectivity index (χ4n) is 1.08. The highest BCUT2D eigenvalue weighted by atomic mass is 16.4. The Hall–Kier alpha value is -2.00. The second-order valence-corrected chi connectivity index (χ2v) is 2.93. The number of rotatable bonds is 3. The van der Waals surface area contributed by atoms with Gasteiger partial charge in [0.25, 0.3) is 0 Å². The molecule has 0 aliphatic carbocycles. The number of carboxylic acids is 1. The summed E-state index contributed by atoms with van der Waals surface area (Å²) < 4.78 is 0. The molecule has 0 aromatic heterocycles. The van der Waals surface area contributed by atoms with Gasteiger partial charge in [-0.15, -0.1) is 0 Å². The molecule has 0 bridgehead atoms. The van der Waals surface area contributed by atoms with Crippen molar-refractivity contribution in [3.63, 3.8) is 0 Å². The number of hydrogen-bond donors (Lipinski definition) is 1. The number of carbonyl (C=O) groups is 1. The van der Waals surface area contributed by atoms with E-state index in [1.165, 1.54) is 6.92 Å². The molecule has 1 rings (SSSR count). The van der Waals surface area contributed by atoms with Gasteiger partial charge >= 0.3 is 5.97 Å². The lowest BCUT2D eigenvalue weighted by molar-refractivity contribution is -0.142. The van der Waals surface area contributed by atoms with Crippen LogP contribution in [0.1, 0.15) is 12.5 Å². The maximum atomic E-state index is 10.9. The first-order valence-corrected chi connectivity index (χ1v) is 3.96. The van der Waals surface area contributed by atoms with E-state index >= 15 is 0 Å². The fourth-order valence-corrected chi connectivity index (χ4v) is 1.08. The van der Waals surface area contributed by atoms with Crippen LogP contribution >= 0.6 is 0 Å². The predicted molar refractivity (Wildman–Crippen MR) is 50.6 cm³/mol. The molecule has 1 N–H and O–H groups in total. The third-order valence-electron chi connectivity index (χ3n) is 2.00. The van der Waals surface area contributed by atoms with Crippen LogP contribution in [0.2, 0.25) is 0 Å². The van der Waals surface area contributed by atoms with Gasteiger partial charge in [-0.2, -0.15) is 0 Å². The molecule has 1 atom stereocenters. The molecule has 0 heterocycles. The van der Waals surface area contributed by atoms with Crippen LogP contribution in [0.25, 0.3) is 10.4 Å². The lowest BCUT2D eigenvalue weighted by atomic mass is 9.93. The molecular weight excluding hydrogens is 182 g/mol. The molecule has 0 aliphatic rings. The van der Waals surface area contributed by atoms with Gasteiger partial charge in [0.15, 0.2) is 5.54 Å². The maximum absolute atomic E-state index is 10.9. The lowest BCUT2D eigenvalue weighted by Crippen LogP contribution is -2.29. The van der Waals surface area contributed by atoms with E-state index in [0.29, 0.717) is 5.56 Å². The molecule has 0 amide bonds. The molecule has 5 nitrogen and oxygen atoms in total. The van der Waals surface area contributed by atoms with Crippen LogP contribution in [0, 0.1) is 0 Å². The smallest absolute Gasteiger partial charge is 0.319 e. The number of nitrogens with zero attached hydrogens (tertiary/aromatic N) is 3. The highest BCUT2D eigenvalue weighted by molar-refractivity contribution is 5.80. The summed E-state index contributed by atoms with van der Waals surface area (Å²) in [7, 11) is 0. The van der Waals surface area contributed by atoms with Crippen molar-refractivity contribution in [2.75, 3.05) is 0 Å². The minimum absolute atomic E-state index is 0.463. The van der Waals surface area contributed by atoms with Gasteiger partial charge in [-0.25, -0.2) is 0 Å². The zero-order valence-corrected chi connectivity index (χ0v) is 7.58. The summed E-state index contributed by atoms with van der Waals surface area (Å²) in [4.78, 5) is 13.5. The summed E-state index contributed by atoms with van der Waals surface area (Å²) in [5.74, 6) is -1.17. The van der Waals surface area contributed by atoms with Gasteiger partial charge in [-0.05, 0) is 18.0 Å². The molecule has 0 unspecified atom stereocenters. The Kier molecular flexibility index (Phi) is 2.74. The van der Waals surface area contributed by atoms with Crippen molar-refractivity contribution in [1.82, 2.24) is 0 Å². The Morgan fingerprint density at radius 3 is 2.50 bits per heavy atom. The number of azide groups is 1. The van der Waals surface area contributed by atoms with Crippen molar-refractivity contribution in [2.45, 2.75) is 12.5 Å². The number of hydrogen-bond acceptors (Lipinski definition) is 2. The highest BCUT2D eigenvalue weighted by Crippen LogP contribution is 2.25. The Morgan fingerprint density at radius 1 is 1.50 bits per heavy atom. The molecule has 0 aliphatic heterocycles. The third-order valence-corrected chi connectivity index (χ3v) is 2.00. The molecular formula is C9H9N3O2. The second-order valence-electron chi connectivity index (χ2n) is 2.93. The first kappa shape index (κ1) is 10.1. The molecule has 72 valence electrons. The summed E-state index contributed by atoms with van der Waals surface area (Å²) in [5, 5.41) is 12.3. The Morgan fingerprint density at radius 2 is 2.07 bits per heavy atom. The normalized spacial score (nSPS) is 13.8. The Labute approximate surface area is 80.6 Å². The van der Waals surface area contributed by atoms with Crippen LogP contribution in [0.5, 0.6) is 0 Å². The molecule has 1 aromatic carbocycles. The van der Waals surface area contributed by atoms with Crippen molar-refractivity contribution < 1.29 is 9.90 Å². The molecule has 0 saturated carbocycles. The molecule has 5 heteroatoms. The van der Waals surface area contributed by atoms with Crippen molar-refractivity contribution in [2.24, 2.45) is 5.11 Å². The maximum Gasteiger partial charge on any atom is 0.319 e. The molecule has 0 fully saturated rings. The van der Waals surface area contributed by atoms with Crippen molar-refractivity contribution in [3.8, 4) is 0 Å². The SMILES string of the molecule is C[C@](N=[N+]=[N-])(C(=O)O)c1ccccc1. The quantitative estimate of drug-likeness (QED) is 0.451. The van der Waals surface area contributed by atoms with Crippen LogP contribution in [0.4, 0.5) is 0 Å². The lowest BCUT2D eigenvalue weighted by Gasteiger charge is -2.18. The first-order valence-electron chi connectivity index (χ1n) is 3.96. The van der Waals surface area contributed by atoms with E-state index in [1.54, 1.807) is 30.3 Å². The molecule has 14 heavy (non-hydrogen) atoms. The standard InChI is InChI=1S/C9H9N3O2/c1-9(8(13)14,11-12-10)7-5-3-2-4-6-7/h2-6H,1H3,(H,13,14)/t9-/m1/s1. The van der Waals surface area contributed by atoms with E-state index in [0.717, 1.165) is 0 Å². The van der Waals surface area contributed by atoms with E-state index in [2.05, 4.69) is 10.0 Å². The average Bonchev–Trinajstić information content (AvgIpc) is 2.19. The van der Waals surface area contributed by atoms with Gasteiger partial charge in [0, 0.05) is 4.91 Å². The van der Waals surface area contributed by atoms with Crippen LogP contribution < -0.4 is 0 Å². The van der Waals surface area contributed by atoms with Gasteiger partial charge in [-0.1, -0.05) is 35.4 Å². The minimum atomic E-state index is -1.53. The van der Waals surface area contributed by atoms with Gasteiger partial charge in [0.2, 0.25) is 0 Å². The zero-order valence-electron chi connectivity index (χ0n) is 7.58. The molecule has 0 spiro atoms. The van der Waals surface area contributed by atoms with Crippen molar-refractivity contribution >= 4 is 5.97 Å². The second kappa shape index (κ2) is 3.81. The minimum Gasteiger partial charge on any atom is -0.480 e. The molecule has 0 radical (unpaired) electrons. The zero-order chi connectivity index (χ0) is 10.6. The third kappa shape index (κ3) is 1.67. The highest BCUT2D eigenvalue weighted by Gasteiger charge is 2.33. The van der Waals surface area contributed by atoms with Crippen LogP contribution in [0.15, 0.2) is 35.4 Å². The van der Waals surface area contributed by atoms with E-state index in [-0.39, 0.29) is 0 Å². The summed E-state index contributed by atoms with van der Waals surface area (Å²) in [6, 6.07) is 8.39. The number of aliphatic carboxylic acids is 1. The summed E-state index contributed by atoms with van der Waals surface area (Å²) in [6.07, 6.45) is 0. The van der Waals surface area contributed by atoms with Crippen LogP contribution in [-0.4, -0.2) is 11.1 Å². The number of carboxylic acid groups (broad SMARTS) is 1. The van der Waals surface area contributed by atoms with E-state index in [1.807, 2.05) is 0 Å².